The quantitative estimate of drug-likeness (QED) is 0.705. The van der Waals surface area contributed by atoms with E-state index in [1.165, 1.54) is 12.8 Å². The van der Waals surface area contributed by atoms with Crippen LogP contribution in [0.25, 0.3) is 0 Å². The van der Waals surface area contributed by atoms with E-state index in [2.05, 4.69) is 31.4 Å². The molecule has 1 aliphatic rings. The van der Waals surface area contributed by atoms with Crippen LogP contribution >= 0.6 is 0 Å². The van der Waals surface area contributed by atoms with E-state index >= 15 is 0 Å². The third-order valence-electron chi connectivity index (χ3n) is 4.29. The Balaban J connectivity index is 2.30. The Morgan fingerprint density at radius 3 is 2.75 bits per heavy atom. The van der Waals surface area contributed by atoms with Crippen molar-refractivity contribution in [2.75, 3.05) is 19.8 Å². The van der Waals surface area contributed by atoms with Crippen LogP contribution in [0, 0.1) is 17.8 Å². The molecule has 2 N–H and O–H groups in total. The number of rotatable bonds is 7. The van der Waals surface area contributed by atoms with Crippen molar-refractivity contribution >= 4 is 6.03 Å². The largest absolute Gasteiger partial charge is 0.382 e. The SMILES string of the molecule is CCOCCCNC(=O)N[C@H]1C[C@H](C)CC[C@H]1C(C)C. The van der Waals surface area contributed by atoms with Crippen LogP contribution in [0.2, 0.25) is 0 Å². The highest BCUT2D eigenvalue weighted by molar-refractivity contribution is 5.74. The lowest BCUT2D eigenvalue weighted by molar-refractivity contribution is 0.144. The Morgan fingerprint density at radius 1 is 1.35 bits per heavy atom. The normalized spacial score (nSPS) is 26.6. The molecular weight excluding hydrogens is 252 g/mol. The molecule has 20 heavy (non-hydrogen) atoms. The van der Waals surface area contributed by atoms with E-state index in [9.17, 15) is 4.79 Å². The first kappa shape index (κ1) is 17.3. The average molecular weight is 284 g/mol. The number of nitrogens with one attached hydrogen (secondary N) is 2. The monoisotopic (exact) mass is 284 g/mol. The van der Waals surface area contributed by atoms with Gasteiger partial charge >= 0.3 is 6.03 Å². The molecule has 0 spiro atoms. The predicted molar refractivity (Wildman–Crippen MR) is 82.8 cm³/mol. The van der Waals surface area contributed by atoms with Gasteiger partial charge in [-0.1, -0.05) is 27.2 Å². The molecule has 0 heterocycles. The Morgan fingerprint density at radius 2 is 2.10 bits per heavy atom. The average Bonchev–Trinajstić information content (AvgIpc) is 2.38. The summed E-state index contributed by atoms with van der Waals surface area (Å²) in [5, 5.41) is 6.11. The van der Waals surface area contributed by atoms with Crippen LogP contribution in [0.5, 0.6) is 0 Å². The molecule has 1 saturated carbocycles. The fourth-order valence-electron chi connectivity index (χ4n) is 3.11. The summed E-state index contributed by atoms with van der Waals surface area (Å²) in [4.78, 5) is 12.0. The van der Waals surface area contributed by atoms with Crippen LogP contribution in [0.4, 0.5) is 4.79 Å². The zero-order valence-corrected chi connectivity index (χ0v) is 13.6. The highest BCUT2D eigenvalue weighted by atomic mass is 16.5. The molecule has 1 fully saturated rings. The predicted octanol–water partition coefficient (Wildman–Crippen LogP) is 3.17. The number of hydrogen-bond acceptors (Lipinski definition) is 2. The summed E-state index contributed by atoms with van der Waals surface area (Å²) in [6.07, 6.45) is 4.50. The van der Waals surface area contributed by atoms with Crippen molar-refractivity contribution in [3.63, 3.8) is 0 Å². The summed E-state index contributed by atoms with van der Waals surface area (Å²) in [6.45, 7) is 10.9. The van der Waals surface area contributed by atoms with Crippen molar-refractivity contribution in [2.24, 2.45) is 17.8 Å². The lowest BCUT2D eigenvalue weighted by atomic mass is 9.74. The fraction of sp³-hybridized carbons (Fsp3) is 0.938. The number of carbonyl (C=O) groups is 1. The number of hydrogen-bond donors (Lipinski definition) is 2. The number of ether oxygens (including phenoxy) is 1. The van der Waals surface area contributed by atoms with Crippen molar-refractivity contribution in [3.8, 4) is 0 Å². The van der Waals surface area contributed by atoms with Gasteiger partial charge in [0.15, 0.2) is 0 Å². The number of amides is 2. The molecule has 3 atom stereocenters. The third kappa shape index (κ3) is 6.12. The smallest absolute Gasteiger partial charge is 0.315 e. The maximum atomic E-state index is 12.0. The number of carbonyl (C=O) groups excluding carboxylic acids is 1. The number of urea groups is 1. The summed E-state index contributed by atoms with van der Waals surface area (Å²) in [7, 11) is 0. The summed E-state index contributed by atoms with van der Waals surface area (Å²) >= 11 is 0. The molecular formula is C16H32N2O2. The third-order valence-corrected chi connectivity index (χ3v) is 4.29. The summed E-state index contributed by atoms with van der Waals surface area (Å²) in [5.41, 5.74) is 0. The molecule has 0 unspecified atom stereocenters. The molecule has 0 aliphatic heterocycles. The maximum Gasteiger partial charge on any atom is 0.315 e. The zero-order valence-electron chi connectivity index (χ0n) is 13.6. The van der Waals surface area contributed by atoms with Gasteiger partial charge in [0.1, 0.15) is 0 Å². The molecule has 4 nitrogen and oxygen atoms in total. The van der Waals surface area contributed by atoms with Crippen LogP contribution < -0.4 is 10.6 Å². The first-order valence-electron chi connectivity index (χ1n) is 8.16. The van der Waals surface area contributed by atoms with Gasteiger partial charge in [0, 0.05) is 25.8 Å². The van der Waals surface area contributed by atoms with Crippen LogP contribution in [0.1, 0.15) is 53.4 Å². The summed E-state index contributed by atoms with van der Waals surface area (Å²) in [5.74, 6) is 1.96. The minimum atomic E-state index is -0.0220. The molecule has 2 amide bonds. The van der Waals surface area contributed by atoms with E-state index in [1.54, 1.807) is 0 Å². The Labute approximate surface area is 124 Å². The van der Waals surface area contributed by atoms with Gasteiger partial charge in [0.2, 0.25) is 0 Å². The topological polar surface area (TPSA) is 50.4 Å². The van der Waals surface area contributed by atoms with Gasteiger partial charge in [-0.3, -0.25) is 0 Å². The van der Waals surface area contributed by atoms with E-state index in [4.69, 9.17) is 4.74 Å². The van der Waals surface area contributed by atoms with E-state index < -0.39 is 0 Å². The molecule has 0 aromatic carbocycles. The van der Waals surface area contributed by atoms with E-state index in [1.807, 2.05) is 6.92 Å². The van der Waals surface area contributed by atoms with Gasteiger partial charge in [-0.05, 0) is 43.9 Å². The standard InChI is InChI=1S/C16H32N2O2/c1-5-20-10-6-9-17-16(19)18-15-11-13(4)7-8-14(15)12(2)3/h12-15H,5-11H2,1-4H3,(H2,17,18,19)/t13-,14+,15+/m1/s1. The minimum Gasteiger partial charge on any atom is -0.382 e. The van der Waals surface area contributed by atoms with E-state index in [0.717, 1.165) is 19.4 Å². The van der Waals surface area contributed by atoms with Crippen LogP contribution in [-0.4, -0.2) is 31.8 Å². The second kappa shape index (κ2) is 9.22. The molecule has 0 radical (unpaired) electrons. The molecule has 4 heteroatoms. The first-order valence-corrected chi connectivity index (χ1v) is 8.16. The Bertz CT molecular complexity index is 282. The highest BCUT2D eigenvalue weighted by Crippen LogP contribution is 2.33. The maximum absolute atomic E-state index is 12.0. The summed E-state index contributed by atoms with van der Waals surface area (Å²) in [6, 6.07) is 0.303. The van der Waals surface area contributed by atoms with Crippen LogP contribution in [0.3, 0.4) is 0 Å². The molecule has 0 saturated heterocycles. The molecule has 1 aliphatic carbocycles. The Kier molecular flexibility index (Phi) is 7.97. The van der Waals surface area contributed by atoms with E-state index in [-0.39, 0.29) is 6.03 Å². The van der Waals surface area contributed by atoms with Crippen molar-refractivity contribution in [2.45, 2.75) is 59.4 Å². The van der Waals surface area contributed by atoms with Gasteiger partial charge in [0.05, 0.1) is 0 Å². The summed E-state index contributed by atoms with van der Waals surface area (Å²) < 4.78 is 5.26. The van der Waals surface area contributed by atoms with Crippen molar-refractivity contribution in [1.82, 2.24) is 10.6 Å². The molecule has 118 valence electrons. The second-order valence-electron chi connectivity index (χ2n) is 6.38. The molecule has 0 bridgehead atoms. The van der Waals surface area contributed by atoms with Crippen molar-refractivity contribution in [3.05, 3.63) is 0 Å². The highest BCUT2D eigenvalue weighted by Gasteiger charge is 2.31. The van der Waals surface area contributed by atoms with Crippen LogP contribution in [0.15, 0.2) is 0 Å². The molecule has 0 aromatic rings. The van der Waals surface area contributed by atoms with Gasteiger partial charge in [-0.15, -0.1) is 0 Å². The lowest BCUT2D eigenvalue weighted by Gasteiger charge is -2.37. The van der Waals surface area contributed by atoms with Gasteiger partial charge in [0.25, 0.3) is 0 Å². The van der Waals surface area contributed by atoms with Gasteiger partial charge in [-0.25, -0.2) is 4.79 Å². The lowest BCUT2D eigenvalue weighted by Crippen LogP contribution is -2.49. The fourth-order valence-corrected chi connectivity index (χ4v) is 3.11. The van der Waals surface area contributed by atoms with Crippen molar-refractivity contribution < 1.29 is 9.53 Å². The molecule has 0 aromatic heterocycles. The van der Waals surface area contributed by atoms with Crippen LogP contribution in [-0.2, 0) is 4.74 Å². The molecule has 1 rings (SSSR count). The van der Waals surface area contributed by atoms with Gasteiger partial charge in [-0.2, -0.15) is 0 Å². The zero-order chi connectivity index (χ0) is 15.0. The Hall–Kier alpha value is -0.770. The van der Waals surface area contributed by atoms with E-state index in [0.29, 0.717) is 36.9 Å². The minimum absolute atomic E-state index is 0.0220. The van der Waals surface area contributed by atoms with Crippen molar-refractivity contribution in [1.29, 1.82) is 0 Å². The second-order valence-corrected chi connectivity index (χ2v) is 6.38. The first-order chi connectivity index (χ1) is 9.54. The van der Waals surface area contributed by atoms with Gasteiger partial charge < -0.3 is 15.4 Å².